The number of amides is 1. The monoisotopic (exact) mass is 179 g/mol. The molecule has 0 aliphatic carbocycles. The fourth-order valence-electron chi connectivity index (χ4n) is 0. The third kappa shape index (κ3) is 42.0. The van der Waals surface area contributed by atoms with E-state index in [0.29, 0.717) is 0 Å². The van der Waals surface area contributed by atoms with E-state index in [-0.39, 0.29) is 5.91 Å². The first-order valence-corrected chi connectivity index (χ1v) is 6.39. The minimum atomic E-state index is -1.64. The van der Waals surface area contributed by atoms with Crippen LogP contribution in [-0.2, 0) is 9.36 Å². The number of carbonyl (C=O) groups is 1. The summed E-state index contributed by atoms with van der Waals surface area (Å²) in [5.41, 5.74) is 0. The van der Waals surface area contributed by atoms with E-state index in [1.165, 1.54) is 11.8 Å². The highest BCUT2D eigenvalue weighted by molar-refractivity contribution is 7.61. The number of hydrogen-bond donors (Lipinski definition) is 0. The van der Waals surface area contributed by atoms with Gasteiger partial charge in [-0.15, -0.1) is 0 Å². The van der Waals surface area contributed by atoms with Crippen LogP contribution in [-0.4, -0.2) is 44.9 Å². The standard InChI is InChI=1S/C4H9NO.C3H9OP/c1-4(6)5(2)3;1-5(2,3)4/h1-3H3;1-3H3. The first kappa shape index (κ1) is 13.3. The van der Waals surface area contributed by atoms with Gasteiger partial charge in [0.15, 0.2) is 0 Å². The quantitative estimate of drug-likeness (QED) is 0.526. The molecule has 0 saturated heterocycles. The first-order valence-electron chi connectivity index (χ1n) is 3.35. The van der Waals surface area contributed by atoms with Crippen molar-refractivity contribution >= 4 is 13.0 Å². The van der Waals surface area contributed by atoms with Gasteiger partial charge >= 0.3 is 0 Å². The van der Waals surface area contributed by atoms with Crippen molar-refractivity contribution < 1.29 is 9.36 Å². The van der Waals surface area contributed by atoms with Crippen molar-refractivity contribution in [3.05, 3.63) is 0 Å². The summed E-state index contributed by atoms with van der Waals surface area (Å²) in [6.07, 6.45) is 0. The Balaban J connectivity index is 0. The van der Waals surface area contributed by atoms with Crippen LogP contribution in [0.25, 0.3) is 0 Å². The Kier molecular flexibility index (Phi) is 6.49. The van der Waals surface area contributed by atoms with Crippen LogP contribution in [0.5, 0.6) is 0 Å². The highest BCUT2D eigenvalue weighted by atomic mass is 31.2. The molecule has 4 heteroatoms. The molecule has 1 amide bonds. The zero-order valence-corrected chi connectivity index (χ0v) is 9.11. The summed E-state index contributed by atoms with van der Waals surface area (Å²) >= 11 is 0. The lowest BCUT2D eigenvalue weighted by Gasteiger charge is -2.02. The maximum absolute atomic E-state index is 10.2. The normalized spacial score (nSPS) is 9.64. The van der Waals surface area contributed by atoms with Gasteiger partial charge < -0.3 is 9.46 Å². The van der Waals surface area contributed by atoms with E-state index in [1.54, 1.807) is 34.1 Å². The maximum Gasteiger partial charge on any atom is 0.218 e. The Morgan fingerprint density at radius 1 is 1.18 bits per heavy atom. The molecule has 0 bridgehead atoms. The molecule has 0 aliphatic rings. The fraction of sp³-hybridized carbons (Fsp3) is 0.857. The summed E-state index contributed by atoms with van der Waals surface area (Å²) < 4.78 is 10.2. The van der Waals surface area contributed by atoms with E-state index in [4.69, 9.17) is 0 Å². The highest BCUT2D eigenvalue weighted by Crippen LogP contribution is 2.28. The van der Waals surface area contributed by atoms with Gasteiger partial charge in [0, 0.05) is 21.0 Å². The molecule has 0 saturated carbocycles. The van der Waals surface area contributed by atoms with Gasteiger partial charge in [0.2, 0.25) is 5.91 Å². The molecule has 0 radical (unpaired) electrons. The maximum atomic E-state index is 10.2. The van der Waals surface area contributed by atoms with Gasteiger partial charge in [-0.3, -0.25) is 4.79 Å². The summed E-state index contributed by atoms with van der Waals surface area (Å²) in [6, 6.07) is 0. The van der Waals surface area contributed by atoms with Crippen LogP contribution in [0.15, 0.2) is 0 Å². The van der Waals surface area contributed by atoms with E-state index in [9.17, 15) is 9.36 Å². The molecule has 0 aromatic rings. The van der Waals surface area contributed by atoms with Gasteiger partial charge in [-0.05, 0) is 20.0 Å². The predicted molar refractivity (Wildman–Crippen MR) is 49.7 cm³/mol. The predicted octanol–water partition coefficient (Wildman–Crippen LogP) is 1.33. The number of carbonyl (C=O) groups excluding carboxylic acids is 1. The second kappa shape index (κ2) is 5.36. The molecule has 0 aliphatic heterocycles. The Morgan fingerprint density at radius 3 is 1.27 bits per heavy atom. The topological polar surface area (TPSA) is 37.4 Å². The third-order valence-corrected chi connectivity index (χ3v) is 0.630. The van der Waals surface area contributed by atoms with E-state index in [2.05, 4.69) is 0 Å². The fourth-order valence-corrected chi connectivity index (χ4v) is 0. The molecule has 0 unspecified atom stereocenters. The summed E-state index contributed by atoms with van der Waals surface area (Å²) in [4.78, 5) is 11.6. The summed E-state index contributed by atoms with van der Waals surface area (Å²) in [6.45, 7) is 6.76. The molecule has 11 heavy (non-hydrogen) atoms. The molecule has 0 rings (SSSR count). The van der Waals surface area contributed by atoms with Crippen LogP contribution in [0.3, 0.4) is 0 Å². The van der Waals surface area contributed by atoms with Crippen molar-refractivity contribution in [2.75, 3.05) is 34.1 Å². The molecule has 0 aromatic carbocycles. The van der Waals surface area contributed by atoms with Crippen molar-refractivity contribution in [1.82, 2.24) is 4.90 Å². The van der Waals surface area contributed by atoms with Crippen molar-refractivity contribution in [3.8, 4) is 0 Å². The van der Waals surface area contributed by atoms with Crippen molar-refractivity contribution in [3.63, 3.8) is 0 Å². The largest absolute Gasteiger partial charge is 0.349 e. The minimum absolute atomic E-state index is 0.0926. The number of hydrogen-bond acceptors (Lipinski definition) is 2. The first-order chi connectivity index (χ1) is 4.64. The van der Waals surface area contributed by atoms with Crippen LogP contribution < -0.4 is 0 Å². The zero-order valence-electron chi connectivity index (χ0n) is 8.21. The SMILES string of the molecule is CC(=O)N(C)C.CP(C)(C)=O. The molecule has 0 atom stereocenters. The molecule has 0 spiro atoms. The Hall–Kier alpha value is -0.300. The average Bonchev–Trinajstić information content (AvgIpc) is 1.59. The van der Waals surface area contributed by atoms with Gasteiger partial charge in [0.25, 0.3) is 0 Å². The molecule has 3 nitrogen and oxygen atoms in total. The Bertz CT molecular complexity index is 152. The molecule has 0 aromatic heterocycles. The second-order valence-corrected chi connectivity index (χ2v) is 7.08. The highest BCUT2D eigenvalue weighted by Gasteiger charge is 1.89. The molecule has 68 valence electrons. The van der Waals surface area contributed by atoms with Gasteiger partial charge in [-0.25, -0.2) is 0 Å². The minimum Gasteiger partial charge on any atom is -0.349 e. The molecule has 0 N–H and O–H groups in total. The summed E-state index contributed by atoms with van der Waals surface area (Å²) in [5.74, 6) is 0.0926. The Morgan fingerprint density at radius 2 is 1.27 bits per heavy atom. The Labute approximate surface area is 69.1 Å². The summed E-state index contributed by atoms with van der Waals surface area (Å²) in [7, 11) is 1.81. The van der Waals surface area contributed by atoms with Gasteiger partial charge in [-0.2, -0.15) is 0 Å². The van der Waals surface area contributed by atoms with Crippen LogP contribution >= 0.6 is 7.14 Å². The van der Waals surface area contributed by atoms with E-state index < -0.39 is 7.14 Å². The average molecular weight is 179 g/mol. The second-order valence-electron chi connectivity index (χ2n) is 3.30. The van der Waals surface area contributed by atoms with Crippen LogP contribution in [0.4, 0.5) is 0 Å². The van der Waals surface area contributed by atoms with E-state index >= 15 is 0 Å². The lowest BCUT2D eigenvalue weighted by atomic mass is 10.7. The van der Waals surface area contributed by atoms with Gasteiger partial charge in [0.1, 0.15) is 0 Å². The summed E-state index contributed by atoms with van der Waals surface area (Å²) in [5, 5.41) is 0. The number of nitrogens with zero attached hydrogens (tertiary/aromatic N) is 1. The van der Waals surface area contributed by atoms with Gasteiger partial charge in [0.05, 0.1) is 7.14 Å². The van der Waals surface area contributed by atoms with Crippen molar-refractivity contribution in [1.29, 1.82) is 0 Å². The lowest BCUT2D eigenvalue weighted by molar-refractivity contribution is -0.126. The number of rotatable bonds is 0. The van der Waals surface area contributed by atoms with E-state index in [0.717, 1.165) is 0 Å². The van der Waals surface area contributed by atoms with E-state index in [1.807, 2.05) is 0 Å². The smallest absolute Gasteiger partial charge is 0.218 e. The third-order valence-electron chi connectivity index (χ3n) is 0.630. The van der Waals surface area contributed by atoms with Gasteiger partial charge in [-0.1, -0.05) is 0 Å². The van der Waals surface area contributed by atoms with Crippen molar-refractivity contribution in [2.24, 2.45) is 0 Å². The van der Waals surface area contributed by atoms with Crippen LogP contribution in [0.1, 0.15) is 6.92 Å². The van der Waals surface area contributed by atoms with Crippen LogP contribution in [0, 0.1) is 0 Å². The van der Waals surface area contributed by atoms with Crippen molar-refractivity contribution in [2.45, 2.75) is 6.92 Å². The molecular formula is C7H18NO2P. The molecular weight excluding hydrogens is 161 g/mol. The molecule has 0 fully saturated rings. The van der Waals surface area contributed by atoms with Crippen LogP contribution in [0.2, 0.25) is 0 Å². The molecule has 0 heterocycles. The lowest BCUT2D eigenvalue weighted by Crippen LogP contribution is -2.17. The zero-order chi connectivity index (χ0) is 9.65.